The van der Waals surface area contributed by atoms with Crippen molar-refractivity contribution in [1.82, 2.24) is 10.2 Å². The zero-order chi connectivity index (χ0) is 15.8. The van der Waals surface area contributed by atoms with Gasteiger partial charge in [0.05, 0.1) is 18.1 Å². The van der Waals surface area contributed by atoms with Crippen LogP contribution in [-0.2, 0) is 0 Å². The van der Waals surface area contributed by atoms with Gasteiger partial charge >= 0.3 is 0 Å². The highest BCUT2D eigenvalue weighted by molar-refractivity contribution is 8.01. The summed E-state index contributed by atoms with van der Waals surface area (Å²) in [7, 11) is 0. The number of aryl methyl sites for hydroxylation is 1. The molecule has 1 aromatic carbocycles. The summed E-state index contributed by atoms with van der Waals surface area (Å²) in [5.41, 5.74) is 2.16. The van der Waals surface area contributed by atoms with Gasteiger partial charge in [0.25, 0.3) is 0 Å². The minimum atomic E-state index is -0.124. The van der Waals surface area contributed by atoms with Crippen molar-refractivity contribution in [1.29, 1.82) is 10.5 Å². The summed E-state index contributed by atoms with van der Waals surface area (Å²) in [6.07, 6.45) is 1.02. The molecule has 112 valence electrons. The van der Waals surface area contributed by atoms with E-state index in [0.29, 0.717) is 18.6 Å². The van der Waals surface area contributed by atoms with Crippen LogP contribution in [0.1, 0.15) is 18.4 Å². The molecule has 0 amide bonds. The van der Waals surface area contributed by atoms with Crippen LogP contribution in [0.5, 0.6) is 0 Å². The van der Waals surface area contributed by atoms with Crippen molar-refractivity contribution in [3.05, 3.63) is 29.8 Å². The van der Waals surface area contributed by atoms with E-state index >= 15 is 0 Å². The Kier molecular flexibility index (Phi) is 6.20. The first kappa shape index (κ1) is 16.3. The predicted octanol–water partition coefficient (Wildman–Crippen LogP) is 4.13. The molecule has 2 rings (SSSR count). The first-order valence-electron chi connectivity index (χ1n) is 6.78. The molecule has 0 fully saturated rings. The highest BCUT2D eigenvalue weighted by atomic mass is 32.2. The third-order valence-electron chi connectivity index (χ3n) is 2.99. The minimum absolute atomic E-state index is 0.124. The zero-order valence-corrected chi connectivity index (χ0v) is 13.7. The highest BCUT2D eigenvalue weighted by Gasteiger charge is 2.11. The lowest BCUT2D eigenvalue weighted by atomic mass is 10.1. The molecule has 5 nitrogen and oxygen atoms in total. The summed E-state index contributed by atoms with van der Waals surface area (Å²) in [4.78, 5) is 0. The number of aromatic nitrogens is 2. The molecule has 0 aliphatic rings. The number of rotatable bonds is 7. The molecule has 22 heavy (non-hydrogen) atoms. The Labute approximate surface area is 138 Å². The number of benzene rings is 1. The number of thioether (sulfide) groups is 1. The monoisotopic (exact) mass is 329 g/mol. The number of nitrogens with one attached hydrogen (secondary N) is 1. The Morgan fingerprint density at radius 1 is 1.32 bits per heavy atom. The van der Waals surface area contributed by atoms with Crippen LogP contribution in [0, 0.1) is 35.5 Å². The fourth-order valence-electron chi connectivity index (χ4n) is 1.74. The fraction of sp³-hybridized carbons (Fsp3) is 0.333. The fourth-order valence-corrected chi connectivity index (χ4v) is 3.59. The Hall–Kier alpha value is -2.09. The summed E-state index contributed by atoms with van der Waals surface area (Å²) < 4.78 is 0.827. The van der Waals surface area contributed by atoms with Crippen molar-refractivity contribution in [3.8, 4) is 12.1 Å². The number of hydrogen-bond donors (Lipinski definition) is 1. The maximum absolute atomic E-state index is 9.04. The molecule has 1 aromatic heterocycles. The van der Waals surface area contributed by atoms with Gasteiger partial charge in [-0.3, -0.25) is 0 Å². The molecule has 1 atom stereocenters. The van der Waals surface area contributed by atoms with Crippen LogP contribution in [0.25, 0.3) is 0 Å². The highest BCUT2D eigenvalue weighted by Crippen LogP contribution is 2.30. The van der Waals surface area contributed by atoms with Gasteiger partial charge in [-0.15, -0.1) is 10.2 Å². The van der Waals surface area contributed by atoms with Crippen molar-refractivity contribution in [3.63, 3.8) is 0 Å². The normalized spacial score (nSPS) is 11.4. The van der Waals surface area contributed by atoms with Crippen molar-refractivity contribution >= 4 is 33.9 Å². The molecule has 0 radical (unpaired) electrons. The first-order valence-corrected chi connectivity index (χ1v) is 8.58. The van der Waals surface area contributed by atoms with Crippen LogP contribution in [0.3, 0.4) is 0 Å². The Morgan fingerprint density at radius 2 is 2.14 bits per heavy atom. The summed E-state index contributed by atoms with van der Waals surface area (Å²) in [5, 5.41) is 29.8. The average Bonchev–Trinajstić information content (AvgIpc) is 2.97. The van der Waals surface area contributed by atoms with Crippen LogP contribution >= 0.6 is 23.1 Å². The van der Waals surface area contributed by atoms with E-state index in [1.807, 2.05) is 31.2 Å². The molecule has 0 aliphatic carbocycles. The van der Waals surface area contributed by atoms with E-state index in [0.717, 1.165) is 20.7 Å². The van der Waals surface area contributed by atoms with Crippen LogP contribution in [0.15, 0.2) is 28.6 Å². The van der Waals surface area contributed by atoms with E-state index in [1.54, 1.807) is 0 Å². The van der Waals surface area contributed by atoms with Gasteiger partial charge in [0.2, 0.25) is 5.13 Å². The Morgan fingerprint density at radius 3 is 2.86 bits per heavy atom. The number of nitriles is 2. The predicted molar refractivity (Wildman–Crippen MR) is 89.0 cm³/mol. The van der Waals surface area contributed by atoms with Crippen LogP contribution < -0.4 is 5.32 Å². The van der Waals surface area contributed by atoms with Gasteiger partial charge in [0.15, 0.2) is 4.34 Å². The van der Waals surface area contributed by atoms with Crippen molar-refractivity contribution in [2.24, 2.45) is 5.92 Å². The molecule has 0 aliphatic heterocycles. The van der Waals surface area contributed by atoms with E-state index in [1.165, 1.54) is 23.1 Å². The molecular formula is C15H15N5S2. The number of anilines is 2. The lowest BCUT2D eigenvalue weighted by Crippen LogP contribution is -1.99. The number of nitrogens with zero attached hydrogens (tertiary/aromatic N) is 4. The summed E-state index contributed by atoms with van der Waals surface area (Å²) in [5.74, 6) is 0.512. The largest absolute Gasteiger partial charge is 0.330 e. The van der Waals surface area contributed by atoms with Gasteiger partial charge in [0.1, 0.15) is 0 Å². The van der Waals surface area contributed by atoms with Gasteiger partial charge in [-0.1, -0.05) is 41.3 Å². The van der Waals surface area contributed by atoms with E-state index in [-0.39, 0.29) is 5.92 Å². The van der Waals surface area contributed by atoms with Gasteiger partial charge in [0, 0.05) is 17.9 Å². The molecule has 1 N–H and O–H groups in total. The summed E-state index contributed by atoms with van der Waals surface area (Å²) in [6.45, 7) is 2.03. The molecule has 0 unspecified atom stereocenters. The number of para-hydroxylation sites is 1. The summed E-state index contributed by atoms with van der Waals surface area (Å²) in [6, 6.07) is 12.3. The van der Waals surface area contributed by atoms with Crippen molar-refractivity contribution in [2.75, 3.05) is 11.1 Å². The molecule has 1 heterocycles. The van der Waals surface area contributed by atoms with Crippen molar-refractivity contribution < 1.29 is 0 Å². The van der Waals surface area contributed by atoms with Gasteiger partial charge in [-0.2, -0.15) is 10.5 Å². The smallest absolute Gasteiger partial charge is 0.210 e. The van der Waals surface area contributed by atoms with E-state index in [4.69, 9.17) is 10.5 Å². The molecular weight excluding hydrogens is 314 g/mol. The molecule has 0 saturated carbocycles. The Bertz CT molecular complexity index is 698. The van der Waals surface area contributed by atoms with E-state index in [2.05, 4.69) is 27.7 Å². The Balaban J connectivity index is 1.91. The molecule has 0 bridgehead atoms. The maximum atomic E-state index is 9.04. The quantitative estimate of drug-likeness (QED) is 0.769. The topological polar surface area (TPSA) is 85.4 Å². The average molecular weight is 329 g/mol. The second kappa shape index (κ2) is 8.38. The molecule has 0 saturated heterocycles. The molecule has 2 aromatic rings. The third-order valence-corrected chi connectivity index (χ3v) is 5.12. The van der Waals surface area contributed by atoms with Gasteiger partial charge in [-0.25, -0.2) is 0 Å². The first-order chi connectivity index (χ1) is 10.7. The second-order valence-corrected chi connectivity index (χ2v) is 6.89. The number of hydrogen-bond acceptors (Lipinski definition) is 7. The SMILES string of the molecule is Cc1ccccc1Nc1nnc(SC[C@@H](C#N)CCC#N)s1. The lowest BCUT2D eigenvalue weighted by Gasteiger charge is -2.05. The second-order valence-electron chi connectivity index (χ2n) is 4.65. The van der Waals surface area contributed by atoms with Crippen molar-refractivity contribution in [2.45, 2.75) is 24.1 Å². The van der Waals surface area contributed by atoms with Gasteiger partial charge < -0.3 is 5.32 Å². The van der Waals surface area contributed by atoms with Gasteiger partial charge in [-0.05, 0) is 25.0 Å². The molecule has 7 heteroatoms. The van der Waals surface area contributed by atoms with Crippen LogP contribution in [0.2, 0.25) is 0 Å². The lowest BCUT2D eigenvalue weighted by molar-refractivity contribution is 0.685. The maximum Gasteiger partial charge on any atom is 0.210 e. The minimum Gasteiger partial charge on any atom is -0.330 e. The third kappa shape index (κ3) is 4.73. The zero-order valence-electron chi connectivity index (χ0n) is 12.1. The van der Waals surface area contributed by atoms with E-state index in [9.17, 15) is 0 Å². The van der Waals surface area contributed by atoms with Crippen LogP contribution in [-0.4, -0.2) is 16.0 Å². The van der Waals surface area contributed by atoms with E-state index < -0.39 is 0 Å². The van der Waals surface area contributed by atoms with Crippen LogP contribution in [0.4, 0.5) is 10.8 Å². The summed E-state index contributed by atoms with van der Waals surface area (Å²) >= 11 is 2.98. The standard InChI is InChI=1S/C15H15N5S2/c1-11-5-2-3-7-13(11)18-14-19-20-15(22-14)21-10-12(9-17)6-4-8-16/h2-3,5,7,12H,4,6,10H2,1H3,(H,18,19)/t12-/m1/s1. The molecule has 0 spiro atoms.